The van der Waals surface area contributed by atoms with Crippen molar-refractivity contribution in [1.82, 2.24) is 9.47 Å². The normalized spacial score (nSPS) is 15.9. The van der Waals surface area contributed by atoms with E-state index in [-0.39, 0.29) is 5.82 Å². The number of hydrogen-bond acceptors (Lipinski definition) is 1. The van der Waals surface area contributed by atoms with Crippen LogP contribution in [-0.2, 0) is 19.1 Å². The van der Waals surface area contributed by atoms with E-state index in [1.165, 1.54) is 18.2 Å². The third-order valence-corrected chi connectivity index (χ3v) is 5.33. The van der Waals surface area contributed by atoms with Gasteiger partial charge in [-0.3, -0.25) is 0 Å². The first-order valence-corrected chi connectivity index (χ1v) is 9.10. The Bertz CT molecular complexity index is 1060. The Labute approximate surface area is 160 Å². The van der Waals surface area contributed by atoms with Gasteiger partial charge in [-0.25, -0.2) is 4.39 Å². The average molecular weight is 388 g/mol. The predicted octanol–water partition coefficient (Wildman–Crippen LogP) is 5.81. The SMILES string of the molecule is CC(=Cn1c2c(c3ccc(C(F)(F)F)cc31)CN(C)CC2)c1ccc(F)cc1. The maximum atomic E-state index is 13.3. The van der Waals surface area contributed by atoms with E-state index >= 15 is 0 Å². The van der Waals surface area contributed by atoms with Crippen LogP contribution in [-0.4, -0.2) is 23.1 Å². The summed E-state index contributed by atoms with van der Waals surface area (Å²) in [5.74, 6) is -0.321. The summed E-state index contributed by atoms with van der Waals surface area (Å²) in [6.45, 7) is 3.43. The highest BCUT2D eigenvalue weighted by atomic mass is 19.4. The number of likely N-dealkylation sites (N-methyl/N-ethyl adjacent to an activating group) is 1. The summed E-state index contributed by atoms with van der Waals surface area (Å²) >= 11 is 0. The molecule has 1 aliphatic heterocycles. The lowest BCUT2D eigenvalue weighted by atomic mass is 10.0. The van der Waals surface area contributed by atoms with Crippen molar-refractivity contribution in [3.63, 3.8) is 0 Å². The summed E-state index contributed by atoms with van der Waals surface area (Å²) < 4.78 is 55.0. The van der Waals surface area contributed by atoms with Crippen LogP contribution in [0.4, 0.5) is 17.6 Å². The van der Waals surface area contributed by atoms with Gasteiger partial charge in [0.15, 0.2) is 0 Å². The smallest absolute Gasteiger partial charge is 0.320 e. The molecule has 3 aromatic rings. The van der Waals surface area contributed by atoms with Crippen LogP contribution in [0.25, 0.3) is 22.7 Å². The second kappa shape index (κ2) is 6.78. The van der Waals surface area contributed by atoms with E-state index in [1.54, 1.807) is 18.2 Å². The summed E-state index contributed by atoms with van der Waals surface area (Å²) in [6, 6.07) is 10.1. The topological polar surface area (TPSA) is 8.17 Å². The Balaban J connectivity index is 1.92. The minimum absolute atomic E-state index is 0.321. The third kappa shape index (κ3) is 3.33. The number of halogens is 4. The Morgan fingerprint density at radius 1 is 1.07 bits per heavy atom. The highest BCUT2D eigenvalue weighted by Crippen LogP contribution is 2.36. The number of rotatable bonds is 2. The van der Waals surface area contributed by atoms with Crippen LogP contribution >= 0.6 is 0 Å². The van der Waals surface area contributed by atoms with Crippen molar-refractivity contribution in [2.24, 2.45) is 0 Å². The van der Waals surface area contributed by atoms with Crippen molar-refractivity contribution in [1.29, 1.82) is 0 Å². The average Bonchev–Trinajstić information content (AvgIpc) is 2.94. The lowest BCUT2D eigenvalue weighted by Crippen LogP contribution is -2.26. The first-order chi connectivity index (χ1) is 13.2. The number of alkyl halides is 3. The standard InChI is InChI=1S/C22H20F4N2/c1-14(15-3-6-17(23)7-4-15)12-28-20-9-10-27(2)13-19(20)18-8-5-16(11-21(18)28)22(24,25)26/h3-8,11-12H,9-10,13H2,1-2H3. The highest BCUT2D eigenvalue weighted by Gasteiger charge is 2.32. The summed E-state index contributed by atoms with van der Waals surface area (Å²) in [7, 11) is 2.01. The molecule has 1 aliphatic rings. The van der Waals surface area contributed by atoms with Gasteiger partial charge in [0.05, 0.1) is 11.1 Å². The Morgan fingerprint density at radius 3 is 2.46 bits per heavy atom. The Kier molecular flexibility index (Phi) is 4.54. The molecule has 0 amide bonds. The fraction of sp³-hybridized carbons (Fsp3) is 0.273. The first kappa shape index (κ1) is 18.7. The number of fused-ring (bicyclic) bond motifs is 3. The number of aromatic nitrogens is 1. The number of nitrogens with zero attached hydrogens (tertiary/aromatic N) is 2. The summed E-state index contributed by atoms with van der Waals surface area (Å²) in [4.78, 5) is 2.17. The molecular formula is C22H20F4N2. The minimum Gasteiger partial charge on any atom is -0.320 e. The van der Waals surface area contributed by atoms with Crippen molar-refractivity contribution in [3.8, 4) is 0 Å². The Morgan fingerprint density at radius 2 is 1.79 bits per heavy atom. The first-order valence-electron chi connectivity index (χ1n) is 9.10. The Hall–Kier alpha value is -2.60. The molecule has 0 saturated heterocycles. The third-order valence-electron chi connectivity index (χ3n) is 5.33. The summed E-state index contributed by atoms with van der Waals surface area (Å²) in [6.07, 6.45) is -1.77. The molecule has 4 rings (SSSR count). The van der Waals surface area contributed by atoms with E-state index in [1.807, 2.05) is 24.7 Å². The van der Waals surface area contributed by atoms with Gasteiger partial charge in [0.1, 0.15) is 5.82 Å². The van der Waals surface area contributed by atoms with Crippen molar-refractivity contribution < 1.29 is 17.6 Å². The van der Waals surface area contributed by atoms with Crippen LogP contribution in [0.15, 0.2) is 42.5 Å². The molecule has 0 spiro atoms. The van der Waals surface area contributed by atoms with Crippen molar-refractivity contribution >= 4 is 22.7 Å². The maximum absolute atomic E-state index is 13.3. The van der Waals surface area contributed by atoms with Crippen LogP contribution in [0.2, 0.25) is 0 Å². The lowest BCUT2D eigenvalue weighted by Gasteiger charge is -2.23. The predicted molar refractivity (Wildman–Crippen MR) is 103 cm³/mol. The van der Waals surface area contributed by atoms with Crippen LogP contribution in [0, 0.1) is 5.82 Å². The second-order valence-corrected chi connectivity index (χ2v) is 7.33. The summed E-state index contributed by atoms with van der Waals surface area (Å²) in [5.41, 5.74) is 3.69. The summed E-state index contributed by atoms with van der Waals surface area (Å²) in [5, 5.41) is 0.845. The molecule has 0 radical (unpaired) electrons. The molecule has 1 aromatic heterocycles. The molecule has 0 N–H and O–H groups in total. The fourth-order valence-corrected chi connectivity index (χ4v) is 3.83. The van der Waals surface area contributed by atoms with Gasteiger partial charge in [0.25, 0.3) is 0 Å². The monoisotopic (exact) mass is 388 g/mol. The largest absolute Gasteiger partial charge is 0.416 e. The molecule has 0 unspecified atom stereocenters. The van der Waals surface area contributed by atoms with Gasteiger partial charge in [0.2, 0.25) is 0 Å². The van der Waals surface area contributed by atoms with E-state index in [9.17, 15) is 17.6 Å². The van der Waals surface area contributed by atoms with Gasteiger partial charge in [-0.1, -0.05) is 18.2 Å². The van der Waals surface area contributed by atoms with Crippen LogP contribution in [0.1, 0.15) is 29.3 Å². The van der Waals surface area contributed by atoms with E-state index < -0.39 is 11.7 Å². The zero-order chi connectivity index (χ0) is 20.1. The van der Waals surface area contributed by atoms with Crippen LogP contribution < -0.4 is 0 Å². The van der Waals surface area contributed by atoms with Gasteiger partial charge < -0.3 is 9.47 Å². The molecule has 28 heavy (non-hydrogen) atoms. The minimum atomic E-state index is -4.39. The van der Waals surface area contributed by atoms with Gasteiger partial charge in [-0.05, 0) is 54.9 Å². The number of benzene rings is 2. The highest BCUT2D eigenvalue weighted by molar-refractivity contribution is 5.90. The van der Waals surface area contributed by atoms with Gasteiger partial charge >= 0.3 is 6.18 Å². The number of allylic oxidation sites excluding steroid dienone is 1. The van der Waals surface area contributed by atoms with E-state index in [0.717, 1.165) is 46.8 Å². The zero-order valence-electron chi connectivity index (χ0n) is 15.6. The molecule has 146 valence electrons. The number of hydrogen-bond donors (Lipinski definition) is 0. The van der Waals surface area contributed by atoms with Gasteiger partial charge in [-0.2, -0.15) is 13.2 Å². The molecule has 0 fully saturated rings. The van der Waals surface area contributed by atoms with Crippen LogP contribution in [0.3, 0.4) is 0 Å². The van der Waals surface area contributed by atoms with Crippen molar-refractivity contribution in [2.45, 2.75) is 26.1 Å². The lowest BCUT2D eigenvalue weighted by molar-refractivity contribution is -0.137. The molecule has 0 saturated carbocycles. The van der Waals surface area contributed by atoms with Crippen molar-refractivity contribution in [3.05, 3.63) is 70.7 Å². The fourth-order valence-electron chi connectivity index (χ4n) is 3.83. The molecular weight excluding hydrogens is 368 g/mol. The van der Waals surface area contributed by atoms with E-state index in [4.69, 9.17) is 0 Å². The van der Waals surface area contributed by atoms with Gasteiger partial charge in [0, 0.05) is 36.8 Å². The molecule has 6 heteroatoms. The van der Waals surface area contributed by atoms with Gasteiger partial charge in [-0.15, -0.1) is 0 Å². The van der Waals surface area contributed by atoms with E-state index in [2.05, 4.69) is 4.90 Å². The zero-order valence-corrected chi connectivity index (χ0v) is 15.6. The molecule has 2 aromatic carbocycles. The quantitative estimate of drug-likeness (QED) is 0.504. The van der Waals surface area contributed by atoms with E-state index in [0.29, 0.717) is 12.1 Å². The molecule has 0 atom stereocenters. The van der Waals surface area contributed by atoms with Crippen molar-refractivity contribution in [2.75, 3.05) is 13.6 Å². The molecule has 0 bridgehead atoms. The molecule has 0 aliphatic carbocycles. The maximum Gasteiger partial charge on any atom is 0.416 e. The second-order valence-electron chi connectivity index (χ2n) is 7.33. The molecule has 2 heterocycles. The van der Waals surface area contributed by atoms with Crippen LogP contribution in [0.5, 0.6) is 0 Å². The molecule has 2 nitrogen and oxygen atoms in total.